The average Bonchev–Trinajstić information content (AvgIpc) is 2.70. The number of fused-ring (bicyclic) bond motifs is 1. The van der Waals surface area contributed by atoms with Crippen molar-refractivity contribution in [1.82, 2.24) is 9.97 Å². The first-order valence-corrected chi connectivity index (χ1v) is 9.31. The van der Waals surface area contributed by atoms with Crippen LogP contribution in [0.2, 0.25) is 10.0 Å². The Labute approximate surface area is 167 Å². The summed E-state index contributed by atoms with van der Waals surface area (Å²) in [5.41, 5.74) is 3.05. The van der Waals surface area contributed by atoms with Crippen LogP contribution in [0.5, 0.6) is 0 Å². The highest BCUT2D eigenvalue weighted by Gasteiger charge is 2.24. The second kappa shape index (κ2) is 7.55. The van der Waals surface area contributed by atoms with E-state index < -0.39 is 0 Å². The van der Waals surface area contributed by atoms with Gasteiger partial charge in [-0.25, -0.2) is 9.97 Å². The molecule has 0 unspecified atom stereocenters. The predicted octanol–water partition coefficient (Wildman–Crippen LogP) is 5.12. The fourth-order valence-electron chi connectivity index (χ4n) is 3.12. The number of amides is 1. The van der Waals surface area contributed by atoms with Crippen LogP contribution in [0.25, 0.3) is 0 Å². The second-order valence-electron chi connectivity index (χ2n) is 6.23. The van der Waals surface area contributed by atoms with E-state index >= 15 is 0 Å². The van der Waals surface area contributed by atoms with E-state index in [0.717, 1.165) is 18.5 Å². The highest BCUT2D eigenvalue weighted by Crippen LogP contribution is 2.29. The van der Waals surface area contributed by atoms with Crippen LogP contribution in [0.1, 0.15) is 22.5 Å². The molecule has 0 saturated carbocycles. The molecule has 1 N–H and O–H groups in total. The third kappa shape index (κ3) is 3.75. The van der Waals surface area contributed by atoms with Gasteiger partial charge in [-0.3, -0.25) is 4.79 Å². The van der Waals surface area contributed by atoms with Crippen molar-refractivity contribution >= 4 is 46.3 Å². The summed E-state index contributed by atoms with van der Waals surface area (Å²) in [6.45, 7) is 0.676. The minimum atomic E-state index is -0.151. The Morgan fingerprint density at radius 2 is 1.93 bits per heavy atom. The number of rotatable bonds is 3. The summed E-state index contributed by atoms with van der Waals surface area (Å²) < 4.78 is 0. The zero-order valence-corrected chi connectivity index (χ0v) is 15.8. The lowest BCUT2D eigenvalue weighted by Gasteiger charge is -2.29. The summed E-state index contributed by atoms with van der Waals surface area (Å²) in [6.07, 6.45) is 4.90. The Kier molecular flexibility index (Phi) is 4.97. The van der Waals surface area contributed by atoms with E-state index in [1.54, 1.807) is 23.1 Å². The summed E-state index contributed by atoms with van der Waals surface area (Å²) in [4.78, 5) is 23.2. The number of carbonyl (C=O) groups is 1. The fraction of sp³-hybridized carbons (Fsp3) is 0.150. The maximum Gasteiger partial charge on any atom is 0.278 e. The molecule has 0 radical (unpaired) electrons. The van der Waals surface area contributed by atoms with Gasteiger partial charge in [0, 0.05) is 17.3 Å². The molecular weight excluding hydrogens is 383 g/mol. The van der Waals surface area contributed by atoms with Crippen molar-refractivity contribution < 1.29 is 4.79 Å². The molecule has 1 aromatic heterocycles. The Morgan fingerprint density at radius 1 is 1.07 bits per heavy atom. The van der Waals surface area contributed by atoms with Crippen LogP contribution >= 0.6 is 23.2 Å². The minimum absolute atomic E-state index is 0.151. The number of halogens is 2. The van der Waals surface area contributed by atoms with Crippen LogP contribution in [-0.2, 0) is 6.42 Å². The molecule has 1 amide bonds. The number of hydrogen-bond acceptors (Lipinski definition) is 4. The van der Waals surface area contributed by atoms with Crippen molar-refractivity contribution in [2.75, 3.05) is 16.8 Å². The van der Waals surface area contributed by atoms with Crippen molar-refractivity contribution in [3.8, 4) is 0 Å². The Bertz CT molecular complexity index is 992. The standard InChI is InChI=1S/C20H16Cl2N4O/c21-14-7-8-15(22)16(10-14)25-19-12-23-17(11-24-19)20(27)26-9-3-5-13-4-1-2-6-18(13)26/h1-2,4,6-8,10-12H,3,5,9H2,(H,24,25). The predicted molar refractivity (Wildman–Crippen MR) is 108 cm³/mol. The van der Waals surface area contributed by atoms with Gasteiger partial charge in [0.15, 0.2) is 0 Å². The van der Waals surface area contributed by atoms with E-state index in [1.807, 2.05) is 18.2 Å². The van der Waals surface area contributed by atoms with Crippen LogP contribution in [0, 0.1) is 0 Å². The molecule has 0 aliphatic carbocycles. The molecule has 5 nitrogen and oxygen atoms in total. The van der Waals surface area contributed by atoms with Gasteiger partial charge in [0.05, 0.1) is 23.1 Å². The van der Waals surface area contributed by atoms with Gasteiger partial charge < -0.3 is 10.2 Å². The molecule has 0 fully saturated rings. The zero-order chi connectivity index (χ0) is 18.8. The van der Waals surface area contributed by atoms with Crippen LogP contribution < -0.4 is 10.2 Å². The topological polar surface area (TPSA) is 58.1 Å². The number of nitrogens with zero attached hydrogens (tertiary/aromatic N) is 3. The summed E-state index contributed by atoms with van der Waals surface area (Å²) in [5.74, 6) is 0.330. The first-order valence-electron chi connectivity index (χ1n) is 8.56. The van der Waals surface area contributed by atoms with Crippen LogP contribution in [0.4, 0.5) is 17.2 Å². The van der Waals surface area contributed by atoms with Gasteiger partial charge in [0.1, 0.15) is 11.5 Å². The minimum Gasteiger partial charge on any atom is -0.338 e. The van der Waals surface area contributed by atoms with Gasteiger partial charge in [-0.05, 0) is 42.7 Å². The molecule has 0 saturated heterocycles. The molecular formula is C20H16Cl2N4O. The molecule has 2 aromatic carbocycles. The lowest BCUT2D eigenvalue weighted by atomic mass is 10.0. The molecule has 7 heteroatoms. The normalized spacial score (nSPS) is 13.2. The van der Waals surface area contributed by atoms with Crippen molar-refractivity contribution in [2.24, 2.45) is 0 Å². The van der Waals surface area contributed by atoms with Crippen molar-refractivity contribution in [1.29, 1.82) is 0 Å². The third-order valence-electron chi connectivity index (χ3n) is 4.42. The number of benzene rings is 2. The van der Waals surface area contributed by atoms with Gasteiger partial charge in [0.25, 0.3) is 5.91 Å². The highest BCUT2D eigenvalue weighted by molar-refractivity contribution is 6.35. The molecule has 0 bridgehead atoms. The maximum atomic E-state index is 12.9. The van der Waals surface area contributed by atoms with E-state index in [2.05, 4.69) is 21.4 Å². The molecule has 0 spiro atoms. The van der Waals surface area contributed by atoms with Gasteiger partial charge in [-0.1, -0.05) is 41.4 Å². The van der Waals surface area contributed by atoms with E-state index in [9.17, 15) is 4.79 Å². The molecule has 0 atom stereocenters. The average molecular weight is 399 g/mol. The largest absolute Gasteiger partial charge is 0.338 e. The van der Waals surface area contributed by atoms with E-state index in [4.69, 9.17) is 23.2 Å². The molecule has 4 rings (SSSR count). The number of para-hydroxylation sites is 1. The second-order valence-corrected chi connectivity index (χ2v) is 7.07. The molecule has 27 heavy (non-hydrogen) atoms. The van der Waals surface area contributed by atoms with Crippen LogP contribution in [-0.4, -0.2) is 22.4 Å². The molecule has 1 aliphatic rings. The van der Waals surface area contributed by atoms with E-state index in [1.165, 1.54) is 18.0 Å². The first kappa shape index (κ1) is 17.8. The number of carbonyl (C=O) groups excluding carboxylic acids is 1. The number of aromatic nitrogens is 2. The fourth-order valence-corrected chi connectivity index (χ4v) is 3.45. The molecule has 136 valence electrons. The SMILES string of the molecule is O=C(c1cnc(Nc2cc(Cl)ccc2Cl)cn1)N1CCCc2ccccc21. The highest BCUT2D eigenvalue weighted by atomic mass is 35.5. The van der Waals surface area contributed by atoms with Gasteiger partial charge >= 0.3 is 0 Å². The van der Waals surface area contributed by atoms with E-state index in [0.29, 0.717) is 33.8 Å². The van der Waals surface area contributed by atoms with E-state index in [-0.39, 0.29) is 5.91 Å². The Hall–Kier alpha value is -2.63. The summed E-state index contributed by atoms with van der Waals surface area (Å²) >= 11 is 12.1. The third-order valence-corrected chi connectivity index (χ3v) is 4.98. The quantitative estimate of drug-likeness (QED) is 0.664. The number of anilines is 3. The molecule has 3 aromatic rings. The van der Waals surface area contributed by atoms with Crippen molar-refractivity contribution in [2.45, 2.75) is 12.8 Å². The smallest absolute Gasteiger partial charge is 0.278 e. The maximum absolute atomic E-state index is 12.9. The molecule has 1 aliphatic heterocycles. The van der Waals surface area contributed by atoms with Crippen molar-refractivity contribution in [3.63, 3.8) is 0 Å². The molecule has 2 heterocycles. The zero-order valence-electron chi connectivity index (χ0n) is 14.3. The summed E-state index contributed by atoms with van der Waals surface area (Å²) in [6, 6.07) is 13.1. The van der Waals surface area contributed by atoms with Crippen LogP contribution in [0.3, 0.4) is 0 Å². The summed E-state index contributed by atoms with van der Waals surface area (Å²) in [5, 5.41) is 4.14. The first-order chi connectivity index (χ1) is 13.1. The number of aryl methyl sites for hydroxylation is 1. The number of nitrogens with one attached hydrogen (secondary N) is 1. The van der Waals surface area contributed by atoms with Gasteiger partial charge in [0.2, 0.25) is 0 Å². The van der Waals surface area contributed by atoms with Gasteiger partial charge in [-0.15, -0.1) is 0 Å². The summed E-state index contributed by atoms with van der Waals surface area (Å²) in [7, 11) is 0. The Morgan fingerprint density at radius 3 is 2.74 bits per heavy atom. The van der Waals surface area contributed by atoms with Crippen molar-refractivity contribution in [3.05, 3.63) is 76.2 Å². The monoisotopic (exact) mass is 398 g/mol. The lowest BCUT2D eigenvalue weighted by Crippen LogP contribution is -2.36. The Balaban J connectivity index is 1.54. The van der Waals surface area contributed by atoms with Crippen LogP contribution in [0.15, 0.2) is 54.9 Å². The number of hydrogen-bond donors (Lipinski definition) is 1. The lowest BCUT2D eigenvalue weighted by molar-refractivity contribution is 0.0980. The van der Waals surface area contributed by atoms with Gasteiger partial charge in [-0.2, -0.15) is 0 Å².